The van der Waals surface area contributed by atoms with Gasteiger partial charge < -0.3 is 14.9 Å². The Morgan fingerprint density at radius 1 is 1.07 bits per heavy atom. The number of methoxy groups -OCH3 is 1. The number of hydrogen-bond acceptors (Lipinski definition) is 3. The van der Waals surface area contributed by atoms with Crippen LogP contribution in [0, 0.1) is 6.92 Å². The second-order valence-corrected chi connectivity index (χ2v) is 3.50. The third-order valence-corrected chi connectivity index (χ3v) is 2.43. The highest BCUT2D eigenvalue weighted by Gasteiger charge is 2.10. The van der Waals surface area contributed by atoms with E-state index in [4.69, 9.17) is 4.74 Å². The molecule has 3 nitrogen and oxygen atoms in total. The lowest BCUT2D eigenvalue weighted by Gasteiger charge is -2.09. The van der Waals surface area contributed by atoms with Crippen LogP contribution >= 0.6 is 0 Å². The number of aromatic hydroxyl groups is 2. The first-order chi connectivity index (χ1) is 7.13. The summed E-state index contributed by atoms with van der Waals surface area (Å²) in [5.74, 6) is 0.458. The van der Waals surface area contributed by atoms with Gasteiger partial charge in [0.05, 0.1) is 7.11 Å². The Hall–Kier alpha value is -1.90. The van der Waals surface area contributed by atoms with Crippen LogP contribution in [0.1, 0.15) is 5.56 Å². The minimum Gasteiger partial charge on any atom is -0.507 e. The average molecular weight is 204 g/mol. The molecule has 0 aliphatic heterocycles. The van der Waals surface area contributed by atoms with Crippen molar-refractivity contribution in [2.45, 2.75) is 6.92 Å². The first-order valence-electron chi connectivity index (χ1n) is 4.62. The van der Waals surface area contributed by atoms with Crippen molar-refractivity contribution >= 4 is 10.8 Å². The van der Waals surface area contributed by atoms with Gasteiger partial charge in [0, 0.05) is 16.8 Å². The summed E-state index contributed by atoms with van der Waals surface area (Å²) in [6.45, 7) is 1.93. The van der Waals surface area contributed by atoms with Crippen LogP contribution in [0.2, 0.25) is 0 Å². The molecule has 78 valence electrons. The molecule has 2 aromatic carbocycles. The van der Waals surface area contributed by atoms with Gasteiger partial charge in [-0.2, -0.15) is 0 Å². The fourth-order valence-electron chi connectivity index (χ4n) is 1.64. The molecule has 0 fully saturated rings. The molecule has 3 heteroatoms. The third kappa shape index (κ3) is 1.46. The predicted octanol–water partition coefficient (Wildman–Crippen LogP) is 2.57. The van der Waals surface area contributed by atoms with Crippen LogP contribution < -0.4 is 4.74 Å². The maximum absolute atomic E-state index is 9.86. The number of fused-ring (bicyclic) bond motifs is 1. The van der Waals surface area contributed by atoms with Crippen LogP contribution in [-0.2, 0) is 0 Å². The van der Waals surface area contributed by atoms with Crippen LogP contribution in [0.3, 0.4) is 0 Å². The number of hydrogen-bond donors (Lipinski definition) is 2. The summed E-state index contributed by atoms with van der Waals surface area (Å²) < 4.78 is 4.96. The Labute approximate surface area is 87.5 Å². The zero-order chi connectivity index (χ0) is 11.0. The molecule has 15 heavy (non-hydrogen) atoms. The number of ether oxygens (including phenoxy) is 1. The zero-order valence-corrected chi connectivity index (χ0v) is 8.61. The van der Waals surface area contributed by atoms with Crippen molar-refractivity contribution in [3.8, 4) is 17.2 Å². The largest absolute Gasteiger partial charge is 0.507 e. The van der Waals surface area contributed by atoms with E-state index in [0.29, 0.717) is 10.8 Å². The summed E-state index contributed by atoms with van der Waals surface area (Å²) in [6.07, 6.45) is 0. The zero-order valence-electron chi connectivity index (χ0n) is 8.61. The van der Waals surface area contributed by atoms with E-state index in [1.807, 2.05) is 19.1 Å². The van der Waals surface area contributed by atoms with Gasteiger partial charge in [-0.1, -0.05) is 17.7 Å². The third-order valence-electron chi connectivity index (χ3n) is 2.43. The summed E-state index contributed by atoms with van der Waals surface area (Å²) in [6, 6.07) is 6.88. The summed E-state index contributed by atoms with van der Waals surface area (Å²) in [4.78, 5) is 0. The second kappa shape index (κ2) is 3.35. The van der Waals surface area contributed by atoms with E-state index >= 15 is 0 Å². The molecule has 0 heterocycles. The molecule has 0 atom stereocenters. The van der Waals surface area contributed by atoms with Crippen molar-refractivity contribution in [1.82, 2.24) is 0 Å². The molecule has 0 radical (unpaired) electrons. The molecule has 0 aromatic heterocycles. The number of aryl methyl sites for hydroxylation is 1. The summed E-state index contributed by atoms with van der Waals surface area (Å²) in [5, 5.41) is 20.8. The Bertz CT molecular complexity index is 518. The van der Waals surface area contributed by atoms with E-state index < -0.39 is 0 Å². The van der Waals surface area contributed by atoms with Gasteiger partial charge >= 0.3 is 0 Å². The van der Waals surface area contributed by atoms with Gasteiger partial charge in [0.25, 0.3) is 0 Å². The summed E-state index contributed by atoms with van der Waals surface area (Å²) in [5.41, 5.74) is 1.02. The van der Waals surface area contributed by atoms with Gasteiger partial charge in [-0.25, -0.2) is 0 Å². The Balaban J connectivity index is 2.88. The fourth-order valence-corrected chi connectivity index (χ4v) is 1.64. The molecular formula is C12H12O3. The van der Waals surface area contributed by atoms with Crippen molar-refractivity contribution in [3.05, 3.63) is 29.8 Å². The summed E-state index contributed by atoms with van der Waals surface area (Å²) in [7, 11) is 1.45. The molecule has 0 aliphatic carbocycles. The van der Waals surface area contributed by atoms with Crippen molar-refractivity contribution in [3.63, 3.8) is 0 Å². The van der Waals surface area contributed by atoms with Gasteiger partial charge in [0.1, 0.15) is 5.75 Å². The van der Waals surface area contributed by atoms with Crippen LogP contribution in [0.15, 0.2) is 24.3 Å². The van der Waals surface area contributed by atoms with E-state index in [1.165, 1.54) is 13.2 Å². The van der Waals surface area contributed by atoms with Gasteiger partial charge in [-0.3, -0.25) is 0 Å². The number of phenols is 2. The molecule has 0 spiro atoms. The highest BCUT2D eigenvalue weighted by atomic mass is 16.5. The van der Waals surface area contributed by atoms with E-state index in [9.17, 15) is 10.2 Å². The lowest BCUT2D eigenvalue weighted by atomic mass is 10.1. The molecule has 2 aromatic rings. The van der Waals surface area contributed by atoms with E-state index in [1.54, 1.807) is 6.07 Å². The highest BCUT2D eigenvalue weighted by Crippen LogP contribution is 2.40. The number of benzene rings is 2. The molecule has 0 saturated carbocycles. The van der Waals surface area contributed by atoms with E-state index in [0.717, 1.165) is 5.56 Å². The topological polar surface area (TPSA) is 49.7 Å². The molecular weight excluding hydrogens is 192 g/mol. The minimum atomic E-state index is 0.0639. The maximum Gasteiger partial charge on any atom is 0.165 e. The van der Waals surface area contributed by atoms with Crippen LogP contribution in [0.4, 0.5) is 0 Å². The quantitative estimate of drug-likeness (QED) is 0.702. The molecule has 2 N–H and O–H groups in total. The standard InChI is InChI=1S/C12H12O3/c1-7-3-4-8-9(5-7)12(14)11(15-2)6-10(8)13/h3-6,13-14H,1-2H3. The molecule has 0 bridgehead atoms. The van der Waals surface area contributed by atoms with Gasteiger partial charge in [-0.05, 0) is 13.0 Å². The number of rotatable bonds is 1. The lowest BCUT2D eigenvalue weighted by molar-refractivity contribution is 0.372. The smallest absolute Gasteiger partial charge is 0.165 e. The Kier molecular flexibility index (Phi) is 2.15. The number of phenolic OH excluding ortho intramolecular Hbond substituents is 2. The second-order valence-electron chi connectivity index (χ2n) is 3.50. The Morgan fingerprint density at radius 2 is 1.80 bits per heavy atom. The van der Waals surface area contributed by atoms with Crippen molar-refractivity contribution in [2.75, 3.05) is 7.11 Å². The average Bonchev–Trinajstić information content (AvgIpc) is 2.23. The molecule has 0 amide bonds. The van der Waals surface area contributed by atoms with Gasteiger partial charge in [-0.15, -0.1) is 0 Å². The van der Waals surface area contributed by atoms with Crippen LogP contribution in [-0.4, -0.2) is 17.3 Å². The molecule has 0 saturated heterocycles. The fraction of sp³-hybridized carbons (Fsp3) is 0.167. The van der Waals surface area contributed by atoms with Crippen molar-refractivity contribution in [2.24, 2.45) is 0 Å². The first-order valence-corrected chi connectivity index (χ1v) is 4.62. The maximum atomic E-state index is 9.86. The van der Waals surface area contributed by atoms with Crippen molar-refractivity contribution in [1.29, 1.82) is 0 Å². The predicted molar refractivity (Wildman–Crippen MR) is 58.6 cm³/mol. The molecule has 2 rings (SSSR count). The SMILES string of the molecule is COc1cc(O)c2ccc(C)cc2c1O. The van der Waals surface area contributed by atoms with Crippen molar-refractivity contribution < 1.29 is 14.9 Å². The van der Waals surface area contributed by atoms with Crippen LogP contribution in [0.5, 0.6) is 17.2 Å². The normalized spacial score (nSPS) is 10.5. The minimum absolute atomic E-state index is 0.0639. The van der Waals surface area contributed by atoms with E-state index in [-0.39, 0.29) is 17.2 Å². The first kappa shape index (κ1) is 9.65. The summed E-state index contributed by atoms with van der Waals surface area (Å²) >= 11 is 0. The lowest BCUT2D eigenvalue weighted by Crippen LogP contribution is -1.86. The Morgan fingerprint density at radius 3 is 2.47 bits per heavy atom. The monoisotopic (exact) mass is 204 g/mol. The molecule has 0 unspecified atom stereocenters. The highest BCUT2D eigenvalue weighted by molar-refractivity contribution is 5.95. The van der Waals surface area contributed by atoms with Crippen LogP contribution in [0.25, 0.3) is 10.8 Å². The van der Waals surface area contributed by atoms with Gasteiger partial charge in [0.15, 0.2) is 11.5 Å². The molecule has 0 aliphatic rings. The van der Waals surface area contributed by atoms with Gasteiger partial charge in [0.2, 0.25) is 0 Å². The van der Waals surface area contributed by atoms with E-state index in [2.05, 4.69) is 0 Å².